The van der Waals surface area contributed by atoms with E-state index in [0.29, 0.717) is 12.1 Å². The van der Waals surface area contributed by atoms with Crippen molar-refractivity contribution in [1.82, 2.24) is 0 Å². The Morgan fingerprint density at radius 2 is 1.96 bits per heavy atom. The number of hydrogen-bond donors (Lipinski definition) is 2. The van der Waals surface area contributed by atoms with E-state index in [0.717, 1.165) is 37.7 Å². The van der Waals surface area contributed by atoms with E-state index in [9.17, 15) is 4.79 Å². The Hall–Kier alpha value is -2.91. The topological polar surface area (TPSA) is 74.7 Å². The molecule has 0 saturated carbocycles. The number of benzene rings is 1. The van der Waals surface area contributed by atoms with Gasteiger partial charge in [-0.05, 0) is 30.3 Å². The molecule has 0 spiro atoms. The second-order valence-electron chi connectivity index (χ2n) is 5.90. The summed E-state index contributed by atoms with van der Waals surface area (Å²) in [6, 6.07) is 15.1. The zero-order valence-electron chi connectivity index (χ0n) is 13.5. The van der Waals surface area contributed by atoms with Gasteiger partial charge in [-0.1, -0.05) is 6.07 Å². The summed E-state index contributed by atoms with van der Waals surface area (Å²) < 4.78 is 0. The van der Waals surface area contributed by atoms with Gasteiger partial charge in [-0.2, -0.15) is 5.26 Å². The lowest BCUT2D eigenvalue weighted by Crippen LogP contribution is -3.15. The van der Waals surface area contributed by atoms with Gasteiger partial charge in [0.25, 0.3) is 11.7 Å². The average molecular weight is 323 g/mol. The number of carbonyl (C=O) groups excluding carboxylic acids is 1. The number of H-pyrrole nitrogens is 1. The fourth-order valence-electron chi connectivity index (χ4n) is 2.88. The summed E-state index contributed by atoms with van der Waals surface area (Å²) in [6.45, 7) is 4.19. The Morgan fingerprint density at radius 3 is 2.58 bits per heavy atom. The monoisotopic (exact) mass is 323 g/mol. The molecule has 6 heteroatoms. The second-order valence-corrected chi connectivity index (χ2v) is 5.90. The molecule has 24 heavy (non-hydrogen) atoms. The van der Waals surface area contributed by atoms with Crippen LogP contribution in [0.2, 0.25) is 0 Å². The maximum absolute atomic E-state index is 12.2. The molecule has 2 heterocycles. The van der Waals surface area contributed by atoms with E-state index in [1.54, 1.807) is 24.3 Å². The molecule has 3 N–H and O–H groups in total. The van der Waals surface area contributed by atoms with Crippen molar-refractivity contribution in [1.29, 1.82) is 5.26 Å². The van der Waals surface area contributed by atoms with Gasteiger partial charge in [-0.3, -0.25) is 9.69 Å². The van der Waals surface area contributed by atoms with Crippen molar-refractivity contribution in [3.63, 3.8) is 0 Å². The first-order valence-corrected chi connectivity index (χ1v) is 8.10. The summed E-state index contributed by atoms with van der Waals surface area (Å²) in [7, 11) is 0. The van der Waals surface area contributed by atoms with Gasteiger partial charge in [-0.15, -0.1) is 0 Å². The van der Waals surface area contributed by atoms with Crippen LogP contribution < -0.4 is 20.1 Å². The lowest BCUT2D eigenvalue weighted by Gasteiger charge is -2.27. The molecule has 1 aromatic heterocycles. The van der Waals surface area contributed by atoms with Gasteiger partial charge in [0.2, 0.25) is 0 Å². The van der Waals surface area contributed by atoms with Gasteiger partial charge >= 0.3 is 0 Å². The fourth-order valence-corrected chi connectivity index (χ4v) is 2.88. The molecule has 122 valence electrons. The lowest BCUT2D eigenvalue weighted by molar-refractivity contribution is -0.892. The minimum absolute atomic E-state index is 0.00873. The first kappa shape index (κ1) is 16.0. The number of hydrogen-bond acceptors (Lipinski definition) is 3. The van der Waals surface area contributed by atoms with Crippen LogP contribution in [-0.4, -0.2) is 38.6 Å². The van der Waals surface area contributed by atoms with Crippen LogP contribution in [-0.2, 0) is 4.79 Å². The molecule has 0 aliphatic carbocycles. The average Bonchev–Trinajstić information content (AvgIpc) is 2.64. The number of pyridine rings is 1. The number of nitriles is 1. The highest BCUT2D eigenvalue weighted by atomic mass is 16.2. The molecule has 6 nitrogen and oxygen atoms in total. The van der Waals surface area contributed by atoms with Gasteiger partial charge in [0, 0.05) is 11.8 Å². The molecule has 1 fully saturated rings. The summed E-state index contributed by atoms with van der Waals surface area (Å²) in [5.74, 6) is 1.13. The number of nitrogens with zero attached hydrogens (tertiary/aromatic N) is 2. The van der Waals surface area contributed by atoms with E-state index >= 15 is 0 Å². The van der Waals surface area contributed by atoms with Crippen LogP contribution in [0.5, 0.6) is 0 Å². The van der Waals surface area contributed by atoms with Crippen molar-refractivity contribution in [2.24, 2.45) is 0 Å². The van der Waals surface area contributed by atoms with Crippen molar-refractivity contribution in [2.45, 2.75) is 0 Å². The Balaban J connectivity index is 1.47. The van der Waals surface area contributed by atoms with Crippen molar-refractivity contribution in [2.75, 3.05) is 42.9 Å². The number of aromatic nitrogens is 1. The molecule has 1 aliphatic rings. The van der Waals surface area contributed by atoms with E-state index in [1.807, 2.05) is 18.3 Å². The number of anilines is 2. The Bertz CT molecular complexity index is 715. The molecule has 2 aromatic rings. The molecule has 0 unspecified atom stereocenters. The number of carbonyl (C=O) groups is 1. The molecular weight excluding hydrogens is 302 g/mol. The maximum atomic E-state index is 12.2. The standard InChI is InChI=1S/C18H19N5O/c19-13-15-4-6-16(7-5-15)21-18(24)14-22-9-11-23(12-10-22)17-3-1-2-8-20-17/h1-8H,9-12,14H2,(H,21,24)/p+2. The summed E-state index contributed by atoms with van der Waals surface area (Å²) >= 11 is 0. The quantitative estimate of drug-likeness (QED) is 0.812. The van der Waals surface area contributed by atoms with Crippen molar-refractivity contribution in [3.8, 4) is 6.07 Å². The molecular formula is C18H21N5O+2. The van der Waals surface area contributed by atoms with E-state index in [-0.39, 0.29) is 5.91 Å². The first-order valence-electron chi connectivity index (χ1n) is 8.10. The number of rotatable bonds is 4. The largest absolute Gasteiger partial charge is 0.321 e. The van der Waals surface area contributed by atoms with Crippen LogP contribution in [0.25, 0.3) is 0 Å². The minimum atomic E-state index is 0.00873. The smallest absolute Gasteiger partial charge is 0.279 e. The highest BCUT2D eigenvalue weighted by Gasteiger charge is 2.27. The molecule has 0 atom stereocenters. The molecule has 1 aliphatic heterocycles. The summed E-state index contributed by atoms with van der Waals surface area (Å²) in [5, 5.41) is 11.7. The summed E-state index contributed by atoms with van der Waals surface area (Å²) in [5.41, 5.74) is 1.32. The zero-order chi connectivity index (χ0) is 16.8. The van der Waals surface area contributed by atoms with Gasteiger partial charge in [-0.25, -0.2) is 4.98 Å². The van der Waals surface area contributed by atoms with Gasteiger partial charge in [0.1, 0.15) is 26.2 Å². The van der Waals surface area contributed by atoms with Gasteiger partial charge in [0.05, 0.1) is 17.8 Å². The third-order valence-corrected chi connectivity index (χ3v) is 4.21. The Morgan fingerprint density at radius 1 is 1.21 bits per heavy atom. The van der Waals surface area contributed by atoms with Crippen LogP contribution in [0.1, 0.15) is 5.56 Å². The summed E-state index contributed by atoms with van der Waals surface area (Å²) in [4.78, 5) is 19.0. The molecule has 3 rings (SSSR count). The minimum Gasteiger partial charge on any atom is -0.321 e. The fraction of sp³-hybridized carbons (Fsp3) is 0.278. The Labute approximate surface area is 141 Å². The van der Waals surface area contributed by atoms with Crippen molar-refractivity contribution in [3.05, 3.63) is 54.2 Å². The first-order chi connectivity index (χ1) is 11.7. The Kier molecular flexibility index (Phi) is 5.04. The van der Waals surface area contributed by atoms with E-state index < -0.39 is 0 Å². The van der Waals surface area contributed by atoms with Crippen LogP contribution in [0, 0.1) is 11.3 Å². The van der Waals surface area contributed by atoms with Crippen LogP contribution in [0.4, 0.5) is 11.5 Å². The molecule has 0 radical (unpaired) electrons. The highest BCUT2D eigenvalue weighted by Crippen LogP contribution is 2.08. The van der Waals surface area contributed by atoms with Crippen molar-refractivity contribution >= 4 is 17.4 Å². The third-order valence-electron chi connectivity index (χ3n) is 4.21. The SMILES string of the molecule is N#Cc1ccc(NC(=O)C[NH+]2CCN(c3cccc[nH+]3)CC2)cc1. The van der Waals surface area contributed by atoms with Crippen molar-refractivity contribution < 1.29 is 14.7 Å². The highest BCUT2D eigenvalue weighted by molar-refractivity contribution is 5.91. The maximum Gasteiger partial charge on any atom is 0.279 e. The zero-order valence-corrected chi connectivity index (χ0v) is 13.5. The number of piperazine rings is 1. The molecule has 1 amide bonds. The molecule has 0 bridgehead atoms. The second kappa shape index (κ2) is 7.57. The third kappa shape index (κ3) is 4.09. The van der Waals surface area contributed by atoms with Crippen LogP contribution in [0.3, 0.4) is 0 Å². The van der Waals surface area contributed by atoms with Crippen LogP contribution >= 0.6 is 0 Å². The molecule has 1 aromatic carbocycles. The molecule has 1 saturated heterocycles. The van der Waals surface area contributed by atoms with Gasteiger partial charge < -0.3 is 10.2 Å². The number of amides is 1. The normalized spacial score (nSPS) is 14.9. The van der Waals surface area contributed by atoms with Crippen LogP contribution in [0.15, 0.2) is 48.7 Å². The number of aromatic amines is 1. The van der Waals surface area contributed by atoms with E-state index in [4.69, 9.17) is 5.26 Å². The number of nitrogens with one attached hydrogen (secondary N) is 3. The van der Waals surface area contributed by atoms with Gasteiger partial charge in [0.15, 0.2) is 6.54 Å². The number of quaternary nitrogens is 1. The predicted octanol–water partition coefficient (Wildman–Crippen LogP) is -0.284. The summed E-state index contributed by atoms with van der Waals surface area (Å²) in [6.07, 6.45) is 1.93. The lowest BCUT2D eigenvalue weighted by atomic mass is 10.2. The predicted molar refractivity (Wildman–Crippen MR) is 90.6 cm³/mol. The van der Waals surface area contributed by atoms with E-state index in [1.165, 1.54) is 4.90 Å². The van der Waals surface area contributed by atoms with E-state index in [2.05, 4.69) is 27.3 Å².